The van der Waals surface area contributed by atoms with Crippen LogP contribution in [0.1, 0.15) is 0 Å². The predicted molar refractivity (Wildman–Crippen MR) is 71.2 cm³/mol. The number of thioether (sulfide) groups is 1. The first-order valence-corrected chi connectivity index (χ1v) is 6.84. The van der Waals surface area contributed by atoms with Gasteiger partial charge in [-0.05, 0) is 11.4 Å². The standard InChI is InChI=1S/C10H9N5OS2/c11-2-3-13-7(16)5-18-10-14-8(12)6-1-4-17-9(6)15-10/h1,4H,3,5H2,(H,13,16)(H2,12,14,15). The third-order valence-corrected chi connectivity index (χ3v) is 3.68. The van der Waals surface area contributed by atoms with E-state index < -0.39 is 0 Å². The van der Waals surface area contributed by atoms with Crippen LogP contribution in [-0.4, -0.2) is 28.2 Å². The maximum absolute atomic E-state index is 11.3. The Hall–Kier alpha value is -1.85. The summed E-state index contributed by atoms with van der Waals surface area (Å²) in [7, 11) is 0. The lowest BCUT2D eigenvalue weighted by Crippen LogP contribution is -2.25. The SMILES string of the molecule is N#CCNC(=O)CSc1nc(N)c2ccsc2n1. The van der Waals surface area contributed by atoms with Crippen LogP contribution in [0, 0.1) is 11.3 Å². The zero-order chi connectivity index (χ0) is 13.0. The van der Waals surface area contributed by atoms with Crippen molar-refractivity contribution in [2.75, 3.05) is 18.0 Å². The van der Waals surface area contributed by atoms with Crippen LogP contribution in [0.25, 0.3) is 10.2 Å². The van der Waals surface area contributed by atoms with E-state index in [-0.39, 0.29) is 18.2 Å². The van der Waals surface area contributed by atoms with Gasteiger partial charge in [-0.15, -0.1) is 11.3 Å². The minimum absolute atomic E-state index is 0.00630. The zero-order valence-electron chi connectivity index (χ0n) is 9.21. The quantitative estimate of drug-likeness (QED) is 0.491. The van der Waals surface area contributed by atoms with E-state index in [1.807, 2.05) is 17.5 Å². The van der Waals surface area contributed by atoms with Crippen LogP contribution in [0.3, 0.4) is 0 Å². The van der Waals surface area contributed by atoms with E-state index in [0.717, 1.165) is 10.2 Å². The van der Waals surface area contributed by atoms with E-state index in [1.165, 1.54) is 23.1 Å². The molecule has 1 amide bonds. The highest BCUT2D eigenvalue weighted by molar-refractivity contribution is 7.99. The second-order valence-electron chi connectivity index (χ2n) is 3.25. The fourth-order valence-corrected chi connectivity index (χ4v) is 2.75. The number of nitrogens with zero attached hydrogens (tertiary/aromatic N) is 3. The summed E-state index contributed by atoms with van der Waals surface area (Å²) in [6, 6.07) is 3.70. The molecule has 2 aromatic heterocycles. The minimum atomic E-state index is -0.227. The molecule has 0 aromatic carbocycles. The molecular weight excluding hydrogens is 270 g/mol. The molecule has 0 atom stereocenters. The number of nitrogens with one attached hydrogen (secondary N) is 1. The molecule has 0 unspecified atom stereocenters. The Bertz CT molecular complexity index is 618. The summed E-state index contributed by atoms with van der Waals surface area (Å²) in [6.07, 6.45) is 0. The first kappa shape index (κ1) is 12.6. The molecule has 2 aromatic rings. The topological polar surface area (TPSA) is 105 Å². The maximum Gasteiger partial charge on any atom is 0.231 e. The molecule has 0 saturated carbocycles. The van der Waals surface area contributed by atoms with Crippen molar-refractivity contribution in [2.45, 2.75) is 5.16 Å². The van der Waals surface area contributed by atoms with Gasteiger partial charge in [0.25, 0.3) is 0 Å². The van der Waals surface area contributed by atoms with Crippen molar-refractivity contribution < 1.29 is 4.79 Å². The largest absolute Gasteiger partial charge is 0.383 e. The van der Waals surface area contributed by atoms with Crippen LogP contribution in [0.2, 0.25) is 0 Å². The van der Waals surface area contributed by atoms with Crippen molar-refractivity contribution in [3.05, 3.63) is 11.4 Å². The molecule has 8 heteroatoms. The van der Waals surface area contributed by atoms with E-state index in [2.05, 4.69) is 15.3 Å². The summed E-state index contributed by atoms with van der Waals surface area (Å²) in [5, 5.41) is 14.0. The fourth-order valence-electron chi connectivity index (χ4n) is 1.24. The van der Waals surface area contributed by atoms with Gasteiger partial charge in [0.05, 0.1) is 17.2 Å². The van der Waals surface area contributed by atoms with E-state index >= 15 is 0 Å². The summed E-state index contributed by atoms with van der Waals surface area (Å²) in [5.41, 5.74) is 5.79. The molecule has 6 nitrogen and oxygen atoms in total. The molecule has 0 aliphatic rings. The van der Waals surface area contributed by atoms with Crippen molar-refractivity contribution in [1.29, 1.82) is 5.26 Å². The van der Waals surface area contributed by atoms with Gasteiger partial charge >= 0.3 is 0 Å². The van der Waals surface area contributed by atoms with E-state index in [0.29, 0.717) is 11.0 Å². The van der Waals surface area contributed by atoms with Crippen molar-refractivity contribution in [3.8, 4) is 6.07 Å². The highest BCUT2D eigenvalue weighted by Crippen LogP contribution is 2.25. The number of carbonyl (C=O) groups is 1. The lowest BCUT2D eigenvalue weighted by molar-refractivity contribution is -0.118. The number of nitrogens with two attached hydrogens (primary N) is 1. The zero-order valence-corrected chi connectivity index (χ0v) is 10.8. The van der Waals surface area contributed by atoms with Gasteiger partial charge in [-0.3, -0.25) is 4.79 Å². The highest BCUT2D eigenvalue weighted by atomic mass is 32.2. The number of hydrogen-bond donors (Lipinski definition) is 2. The predicted octanol–water partition coefficient (Wildman–Crippen LogP) is 1.01. The van der Waals surface area contributed by atoms with Gasteiger partial charge in [0, 0.05) is 0 Å². The number of fused-ring (bicyclic) bond motifs is 1. The van der Waals surface area contributed by atoms with E-state index in [1.54, 1.807) is 0 Å². The van der Waals surface area contributed by atoms with Gasteiger partial charge in [-0.2, -0.15) is 5.26 Å². The Morgan fingerprint density at radius 1 is 1.61 bits per heavy atom. The first-order valence-electron chi connectivity index (χ1n) is 4.98. The molecule has 3 N–H and O–H groups in total. The molecule has 0 aliphatic carbocycles. The number of nitriles is 1. The molecule has 18 heavy (non-hydrogen) atoms. The lowest BCUT2D eigenvalue weighted by Gasteiger charge is -2.02. The van der Waals surface area contributed by atoms with Crippen LogP contribution >= 0.6 is 23.1 Å². The molecule has 0 radical (unpaired) electrons. The van der Waals surface area contributed by atoms with Crippen molar-refractivity contribution in [3.63, 3.8) is 0 Å². The third-order valence-electron chi connectivity index (χ3n) is 2.03. The van der Waals surface area contributed by atoms with Gasteiger partial charge in [0.1, 0.15) is 17.2 Å². The molecule has 0 bridgehead atoms. The van der Waals surface area contributed by atoms with Gasteiger partial charge in [-0.25, -0.2) is 9.97 Å². The lowest BCUT2D eigenvalue weighted by atomic mass is 10.4. The highest BCUT2D eigenvalue weighted by Gasteiger charge is 2.08. The number of nitrogen functional groups attached to an aromatic ring is 1. The molecule has 0 spiro atoms. The second kappa shape index (κ2) is 5.66. The van der Waals surface area contributed by atoms with Gasteiger partial charge in [0.2, 0.25) is 5.91 Å². The Morgan fingerprint density at radius 3 is 3.22 bits per heavy atom. The summed E-state index contributed by atoms with van der Waals surface area (Å²) in [6.45, 7) is 0.00630. The Morgan fingerprint density at radius 2 is 2.44 bits per heavy atom. The molecule has 2 heterocycles. The fraction of sp³-hybridized carbons (Fsp3) is 0.200. The normalized spacial score (nSPS) is 10.2. The summed E-state index contributed by atoms with van der Waals surface area (Å²) in [5.74, 6) is 0.356. The van der Waals surface area contributed by atoms with Crippen LogP contribution in [0.15, 0.2) is 16.6 Å². The summed E-state index contributed by atoms with van der Waals surface area (Å²) < 4.78 is 0. The van der Waals surface area contributed by atoms with Crippen LogP contribution in [0.4, 0.5) is 5.82 Å². The average molecular weight is 279 g/mol. The number of amides is 1. The number of thiophene rings is 1. The van der Waals surface area contributed by atoms with E-state index in [4.69, 9.17) is 11.0 Å². The molecular formula is C10H9N5OS2. The number of aromatic nitrogens is 2. The minimum Gasteiger partial charge on any atom is -0.383 e. The third kappa shape index (κ3) is 2.88. The van der Waals surface area contributed by atoms with Crippen molar-refractivity contribution in [1.82, 2.24) is 15.3 Å². The maximum atomic E-state index is 11.3. The van der Waals surface area contributed by atoms with Crippen molar-refractivity contribution >= 4 is 45.0 Å². The first-order chi connectivity index (χ1) is 8.70. The van der Waals surface area contributed by atoms with Gasteiger partial charge in [0.15, 0.2) is 5.16 Å². The second-order valence-corrected chi connectivity index (χ2v) is 5.09. The molecule has 2 rings (SSSR count). The smallest absolute Gasteiger partial charge is 0.231 e. The van der Waals surface area contributed by atoms with Crippen LogP contribution < -0.4 is 11.1 Å². The molecule has 0 saturated heterocycles. The van der Waals surface area contributed by atoms with Crippen molar-refractivity contribution in [2.24, 2.45) is 0 Å². The molecule has 0 aliphatic heterocycles. The van der Waals surface area contributed by atoms with Crippen LogP contribution in [0.5, 0.6) is 0 Å². The number of hydrogen-bond acceptors (Lipinski definition) is 7. The average Bonchev–Trinajstić information content (AvgIpc) is 2.82. The molecule has 0 fully saturated rings. The Balaban J connectivity index is 2.04. The Labute approximate surface area is 111 Å². The van der Waals surface area contributed by atoms with Crippen LogP contribution in [-0.2, 0) is 4.79 Å². The van der Waals surface area contributed by atoms with E-state index in [9.17, 15) is 4.79 Å². The number of carbonyl (C=O) groups excluding carboxylic acids is 1. The van der Waals surface area contributed by atoms with Gasteiger partial charge < -0.3 is 11.1 Å². The van der Waals surface area contributed by atoms with Gasteiger partial charge in [-0.1, -0.05) is 11.8 Å². The number of anilines is 1. The monoisotopic (exact) mass is 279 g/mol. The summed E-state index contributed by atoms with van der Waals surface area (Å²) in [4.78, 5) is 20.5. The molecule has 92 valence electrons. The Kier molecular flexibility index (Phi) is 3.96. The number of rotatable bonds is 4. The summed E-state index contributed by atoms with van der Waals surface area (Å²) >= 11 is 2.67.